The summed E-state index contributed by atoms with van der Waals surface area (Å²) in [5, 5.41) is 10.0. The van der Waals surface area contributed by atoms with Crippen molar-refractivity contribution in [1.29, 1.82) is 0 Å². The van der Waals surface area contributed by atoms with E-state index in [1.54, 1.807) is 18.3 Å². The summed E-state index contributed by atoms with van der Waals surface area (Å²) in [5.74, 6) is -0.359. The third kappa shape index (κ3) is 3.12. The fraction of sp³-hybridized carbons (Fsp3) is 0.375. The van der Waals surface area contributed by atoms with Crippen LogP contribution in [0.3, 0.4) is 0 Å². The largest absolute Gasteiger partial charge is 0.454 e. The first-order chi connectivity index (χ1) is 11.2. The summed E-state index contributed by atoms with van der Waals surface area (Å²) in [6, 6.07) is 3.37. The number of hydrogen-bond acceptors (Lipinski definition) is 6. The van der Waals surface area contributed by atoms with Crippen LogP contribution in [0.4, 0.5) is 4.39 Å². The molecule has 1 aromatic heterocycles. The first-order valence-electron chi connectivity index (χ1n) is 7.44. The van der Waals surface area contributed by atoms with Crippen molar-refractivity contribution in [3.05, 3.63) is 30.4 Å². The molecule has 1 atom stereocenters. The van der Waals surface area contributed by atoms with Gasteiger partial charge in [-0.15, -0.1) is 0 Å². The van der Waals surface area contributed by atoms with Crippen LogP contribution >= 0.6 is 0 Å². The number of fused-ring (bicyclic) bond motifs is 3. The van der Waals surface area contributed by atoms with Gasteiger partial charge < -0.3 is 9.94 Å². The van der Waals surface area contributed by atoms with Gasteiger partial charge in [0.25, 0.3) is 0 Å². The lowest BCUT2D eigenvalue weighted by molar-refractivity contribution is -0.148. The minimum Gasteiger partial charge on any atom is -0.454 e. The quantitative estimate of drug-likeness (QED) is 0.583. The van der Waals surface area contributed by atoms with Crippen molar-refractivity contribution in [2.75, 3.05) is 0 Å². The Balaban J connectivity index is 2.13. The highest BCUT2D eigenvalue weighted by atomic mass is 19.1. The third-order valence-electron chi connectivity index (χ3n) is 3.47. The molecule has 2 aliphatic rings. The zero-order valence-corrected chi connectivity index (χ0v) is 13.5. The number of carbonyl (C=O) groups excluding carboxylic acids is 1. The van der Waals surface area contributed by atoms with E-state index in [1.165, 1.54) is 27.0 Å². The Kier molecular flexibility index (Phi) is 3.82. The molecule has 1 aromatic rings. The van der Waals surface area contributed by atoms with Gasteiger partial charge in [0.1, 0.15) is 28.1 Å². The Hall–Kier alpha value is -2.77. The van der Waals surface area contributed by atoms with E-state index in [2.05, 4.69) is 15.0 Å². The molecule has 7 nitrogen and oxygen atoms in total. The molecule has 0 amide bonds. The Morgan fingerprint density at radius 2 is 2.21 bits per heavy atom. The first kappa shape index (κ1) is 16.1. The number of aromatic nitrogens is 4. The van der Waals surface area contributed by atoms with Crippen LogP contribution < -0.4 is 0 Å². The van der Waals surface area contributed by atoms with Crippen LogP contribution in [0.5, 0.6) is 0 Å². The average Bonchev–Trinajstić information content (AvgIpc) is 2.89. The number of esters is 1. The smallest absolute Gasteiger partial charge is 0.303 e. The van der Waals surface area contributed by atoms with Crippen LogP contribution in [0.1, 0.15) is 39.1 Å². The Bertz CT molecular complexity index is 872. The van der Waals surface area contributed by atoms with Crippen molar-refractivity contribution < 1.29 is 19.1 Å². The number of nitrogens with zero attached hydrogens (tertiary/aromatic N) is 4. The van der Waals surface area contributed by atoms with Gasteiger partial charge in [-0.1, -0.05) is 0 Å². The van der Waals surface area contributed by atoms with Crippen LogP contribution in [0, 0.1) is 0 Å². The number of carbonyl (C=O) groups is 1. The monoisotopic (exact) mass is 332 g/mol. The van der Waals surface area contributed by atoms with Gasteiger partial charge in [0, 0.05) is 19.5 Å². The van der Waals surface area contributed by atoms with Gasteiger partial charge in [-0.2, -0.15) is 4.73 Å². The van der Waals surface area contributed by atoms with Gasteiger partial charge in [-0.3, -0.25) is 9.78 Å². The number of hydrogen-bond donors (Lipinski definition) is 1. The molecule has 0 saturated carbocycles. The van der Waals surface area contributed by atoms with E-state index in [0.717, 1.165) is 4.73 Å². The van der Waals surface area contributed by atoms with Crippen molar-refractivity contribution in [1.82, 2.24) is 19.7 Å². The highest BCUT2D eigenvalue weighted by Gasteiger charge is 2.30. The van der Waals surface area contributed by atoms with Gasteiger partial charge in [-0.25, -0.2) is 14.4 Å². The van der Waals surface area contributed by atoms with Crippen molar-refractivity contribution in [3.8, 4) is 11.4 Å². The Labute approximate surface area is 137 Å². The Morgan fingerprint density at radius 1 is 1.46 bits per heavy atom. The van der Waals surface area contributed by atoms with Crippen molar-refractivity contribution >= 4 is 17.0 Å². The third-order valence-corrected chi connectivity index (χ3v) is 3.47. The second kappa shape index (κ2) is 5.70. The fourth-order valence-electron chi connectivity index (χ4n) is 2.56. The second-order valence-electron chi connectivity index (χ2n) is 6.18. The first-order valence-corrected chi connectivity index (χ1v) is 7.44. The molecule has 0 radical (unpaired) electrons. The molecule has 8 heteroatoms. The molecule has 3 rings (SSSR count). The van der Waals surface area contributed by atoms with Gasteiger partial charge in [0.05, 0.1) is 6.20 Å². The number of halogens is 1. The fourth-order valence-corrected chi connectivity index (χ4v) is 2.56. The van der Waals surface area contributed by atoms with E-state index < -0.39 is 17.7 Å². The van der Waals surface area contributed by atoms with E-state index in [-0.39, 0.29) is 12.2 Å². The van der Waals surface area contributed by atoms with Crippen LogP contribution in [0.15, 0.2) is 24.5 Å². The normalized spacial score (nSPS) is 13.3. The highest BCUT2D eigenvalue weighted by Crippen LogP contribution is 2.33. The van der Waals surface area contributed by atoms with Gasteiger partial charge in [-0.05, 0) is 26.0 Å². The lowest BCUT2D eigenvalue weighted by Gasteiger charge is -2.20. The topological polar surface area (TPSA) is 90.1 Å². The molecular formula is C16H17FN4O3. The maximum Gasteiger partial charge on any atom is 0.303 e. The molecule has 126 valence electrons. The molecule has 1 unspecified atom stereocenters. The second-order valence-corrected chi connectivity index (χ2v) is 6.18. The SMILES string of the molecule is CC(=O)OC(CC(C)(C)F)c1nc2cn(O)c3cccnc3c-2n1. The van der Waals surface area contributed by atoms with Gasteiger partial charge in [0.15, 0.2) is 11.9 Å². The summed E-state index contributed by atoms with van der Waals surface area (Å²) in [6.45, 7) is 4.04. The number of imidazole rings is 1. The van der Waals surface area contributed by atoms with E-state index in [9.17, 15) is 14.4 Å². The zero-order valence-electron chi connectivity index (χ0n) is 13.5. The van der Waals surface area contributed by atoms with Crippen molar-refractivity contribution in [3.63, 3.8) is 0 Å². The predicted molar refractivity (Wildman–Crippen MR) is 83.4 cm³/mol. The highest BCUT2D eigenvalue weighted by molar-refractivity contribution is 5.89. The van der Waals surface area contributed by atoms with E-state index >= 15 is 0 Å². The number of pyridine rings is 2. The molecule has 24 heavy (non-hydrogen) atoms. The summed E-state index contributed by atoms with van der Waals surface area (Å²) in [6.07, 6.45) is 1.97. The average molecular weight is 332 g/mol. The molecule has 1 N–H and O–H groups in total. The number of rotatable bonds is 4. The minimum atomic E-state index is -1.57. The van der Waals surface area contributed by atoms with Gasteiger partial charge >= 0.3 is 5.97 Å². The minimum absolute atomic E-state index is 0.0760. The maximum atomic E-state index is 14.0. The lowest BCUT2D eigenvalue weighted by Crippen LogP contribution is -2.21. The van der Waals surface area contributed by atoms with Crippen molar-refractivity contribution in [2.24, 2.45) is 0 Å². The molecule has 0 fully saturated rings. The molecule has 0 saturated heterocycles. The van der Waals surface area contributed by atoms with Crippen LogP contribution in [-0.2, 0) is 9.53 Å². The number of ether oxygens (including phenoxy) is 1. The van der Waals surface area contributed by atoms with Crippen LogP contribution in [-0.4, -0.2) is 36.5 Å². The molecule has 2 aliphatic heterocycles. The molecule has 3 heterocycles. The maximum absolute atomic E-state index is 14.0. The molecule has 0 bridgehead atoms. The van der Waals surface area contributed by atoms with Crippen LogP contribution in [0.25, 0.3) is 22.4 Å². The van der Waals surface area contributed by atoms with Crippen molar-refractivity contribution in [2.45, 2.75) is 39.0 Å². The number of alkyl halides is 1. The van der Waals surface area contributed by atoms with E-state index in [1.807, 2.05) is 0 Å². The van der Waals surface area contributed by atoms with Gasteiger partial charge in [0.2, 0.25) is 0 Å². The summed E-state index contributed by atoms with van der Waals surface area (Å²) in [7, 11) is 0. The van der Waals surface area contributed by atoms with E-state index in [4.69, 9.17) is 4.74 Å². The van der Waals surface area contributed by atoms with Crippen LogP contribution in [0.2, 0.25) is 0 Å². The predicted octanol–water partition coefficient (Wildman–Crippen LogP) is 2.91. The molecule has 0 aromatic carbocycles. The lowest BCUT2D eigenvalue weighted by atomic mass is 10.0. The van der Waals surface area contributed by atoms with E-state index in [0.29, 0.717) is 22.4 Å². The molecule has 0 aliphatic carbocycles. The molecular weight excluding hydrogens is 315 g/mol. The summed E-state index contributed by atoms with van der Waals surface area (Å²) < 4.78 is 20.1. The standard InChI is InChI=1S/C16H17FN4O3/c1-9(22)24-12(7-16(2,3)17)15-19-10-8-21(23)11-5-4-6-18-14(11)13(10)20-15/h4-6,8,12,23H,7H2,1-3H3. The summed E-state index contributed by atoms with van der Waals surface area (Å²) in [5.41, 5.74) is 0.195. The summed E-state index contributed by atoms with van der Waals surface area (Å²) >= 11 is 0. The Morgan fingerprint density at radius 3 is 2.88 bits per heavy atom. The zero-order chi connectivity index (χ0) is 17.5. The molecule has 0 spiro atoms. The summed E-state index contributed by atoms with van der Waals surface area (Å²) in [4.78, 5) is 24.2.